The minimum Gasteiger partial charge on any atom is -0.469 e. The lowest BCUT2D eigenvalue weighted by Crippen LogP contribution is -2.30. The number of thiophene rings is 1. The van der Waals surface area contributed by atoms with Gasteiger partial charge in [-0.1, -0.05) is 6.07 Å². The smallest absolute Gasteiger partial charge is 0.240 e. The molecule has 1 aliphatic heterocycles. The summed E-state index contributed by atoms with van der Waals surface area (Å²) in [5.74, 6) is -0.114. The molecule has 1 aliphatic rings. The van der Waals surface area contributed by atoms with Crippen LogP contribution in [-0.2, 0) is 19.6 Å². The number of imide groups is 1. The molecule has 29 heavy (non-hydrogen) atoms. The van der Waals surface area contributed by atoms with E-state index in [1.54, 1.807) is 12.3 Å². The summed E-state index contributed by atoms with van der Waals surface area (Å²) in [5.41, 5.74) is 0.378. The first-order chi connectivity index (χ1) is 14.0. The van der Waals surface area contributed by atoms with Crippen molar-refractivity contribution in [3.05, 3.63) is 70.8 Å². The largest absolute Gasteiger partial charge is 0.469 e. The molecule has 9 heteroatoms. The zero-order chi connectivity index (χ0) is 20.4. The average Bonchev–Trinajstić information content (AvgIpc) is 3.46. The van der Waals surface area contributed by atoms with Crippen LogP contribution in [0.4, 0.5) is 5.69 Å². The van der Waals surface area contributed by atoms with Gasteiger partial charge in [0, 0.05) is 24.3 Å². The minimum atomic E-state index is -3.78. The van der Waals surface area contributed by atoms with Gasteiger partial charge in [-0.05, 0) is 47.8 Å². The lowest BCUT2D eigenvalue weighted by Gasteiger charge is -2.16. The monoisotopic (exact) mass is 430 g/mol. The summed E-state index contributed by atoms with van der Waals surface area (Å²) in [4.78, 5) is 25.8. The molecule has 4 rings (SSSR count). The fourth-order valence-electron chi connectivity index (χ4n) is 3.24. The summed E-state index contributed by atoms with van der Waals surface area (Å²) in [7, 11) is -3.78. The summed E-state index contributed by atoms with van der Waals surface area (Å²) < 4.78 is 33.6. The van der Waals surface area contributed by atoms with Crippen molar-refractivity contribution < 1.29 is 22.4 Å². The molecule has 1 atom stereocenters. The van der Waals surface area contributed by atoms with Gasteiger partial charge in [0.1, 0.15) is 5.76 Å². The number of carbonyl (C=O) groups is 2. The first-order valence-electron chi connectivity index (χ1n) is 8.98. The summed E-state index contributed by atoms with van der Waals surface area (Å²) in [6, 6.07) is 13.2. The number of hydrogen-bond donors (Lipinski definition) is 1. The second-order valence-corrected chi connectivity index (χ2v) is 9.30. The van der Waals surface area contributed by atoms with Crippen molar-refractivity contribution in [1.82, 2.24) is 4.72 Å². The maximum Gasteiger partial charge on any atom is 0.240 e. The maximum atomic E-state index is 12.8. The Hall–Kier alpha value is -2.75. The van der Waals surface area contributed by atoms with Crippen molar-refractivity contribution in [1.29, 1.82) is 0 Å². The fourth-order valence-corrected chi connectivity index (χ4v) is 5.12. The summed E-state index contributed by atoms with van der Waals surface area (Å²) in [6.07, 6.45) is 1.92. The van der Waals surface area contributed by atoms with Crippen LogP contribution in [0, 0.1) is 0 Å². The zero-order valence-electron chi connectivity index (χ0n) is 15.3. The molecular formula is C20H18N2O5S2. The van der Waals surface area contributed by atoms with Crippen LogP contribution in [0.2, 0.25) is 0 Å². The van der Waals surface area contributed by atoms with E-state index in [4.69, 9.17) is 4.42 Å². The second-order valence-electron chi connectivity index (χ2n) is 6.55. The van der Waals surface area contributed by atoms with Crippen LogP contribution in [0.15, 0.2) is 69.5 Å². The van der Waals surface area contributed by atoms with Crippen molar-refractivity contribution in [2.75, 3.05) is 11.4 Å². The van der Waals surface area contributed by atoms with Gasteiger partial charge in [0.05, 0.1) is 22.8 Å². The Labute approximate surface area is 172 Å². The predicted molar refractivity (Wildman–Crippen MR) is 108 cm³/mol. The minimum absolute atomic E-state index is 0.0599. The van der Waals surface area contributed by atoms with E-state index in [2.05, 4.69) is 4.72 Å². The molecule has 150 valence electrons. The first-order valence-corrected chi connectivity index (χ1v) is 11.3. The van der Waals surface area contributed by atoms with Gasteiger partial charge in [-0.2, -0.15) is 0 Å². The molecule has 0 spiro atoms. The molecule has 3 heterocycles. The number of sulfonamides is 1. The first kappa shape index (κ1) is 19.6. The molecule has 0 aliphatic carbocycles. The van der Waals surface area contributed by atoms with E-state index in [1.165, 1.54) is 35.6 Å². The second kappa shape index (κ2) is 7.94. The van der Waals surface area contributed by atoms with E-state index in [9.17, 15) is 18.0 Å². The topological polar surface area (TPSA) is 96.7 Å². The van der Waals surface area contributed by atoms with Crippen LogP contribution in [0.3, 0.4) is 0 Å². The van der Waals surface area contributed by atoms with Gasteiger partial charge in [0.25, 0.3) is 0 Å². The highest BCUT2D eigenvalue weighted by molar-refractivity contribution is 7.89. The molecule has 1 fully saturated rings. The Balaban J connectivity index is 1.51. The molecule has 0 saturated carbocycles. The number of hydrogen-bond acceptors (Lipinski definition) is 6. The van der Waals surface area contributed by atoms with E-state index >= 15 is 0 Å². The Morgan fingerprint density at radius 1 is 1.03 bits per heavy atom. The van der Waals surface area contributed by atoms with Gasteiger partial charge in [-0.25, -0.2) is 13.1 Å². The molecule has 7 nitrogen and oxygen atoms in total. The molecule has 1 saturated heterocycles. The number of furan rings is 1. The Morgan fingerprint density at radius 2 is 1.76 bits per heavy atom. The van der Waals surface area contributed by atoms with Crippen LogP contribution < -0.4 is 9.62 Å². The third-order valence-electron chi connectivity index (χ3n) is 4.71. The Bertz CT molecular complexity index is 1050. The number of nitrogens with zero attached hydrogens (tertiary/aromatic N) is 1. The number of benzene rings is 1. The van der Waals surface area contributed by atoms with Gasteiger partial charge < -0.3 is 4.42 Å². The SMILES string of the molecule is O=C1CCC(=O)N1c1ccc(S(=O)(=O)NCC(c2ccco2)c2cccs2)cc1. The van der Waals surface area contributed by atoms with Crippen molar-refractivity contribution in [3.63, 3.8) is 0 Å². The number of rotatable bonds is 7. The van der Waals surface area contributed by atoms with Crippen molar-refractivity contribution >= 4 is 38.9 Å². The summed E-state index contributed by atoms with van der Waals surface area (Å²) >= 11 is 1.53. The van der Waals surface area contributed by atoms with Crippen LogP contribution in [0.5, 0.6) is 0 Å². The van der Waals surface area contributed by atoms with E-state index in [0.29, 0.717) is 11.4 Å². The molecule has 0 radical (unpaired) electrons. The molecule has 2 amide bonds. The number of anilines is 1. The van der Waals surface area contributed by atoms with Gasteiger partial charge in [0.2, 0.25) is 21.8 Å². The lowest BCUT2D eigenvalue weighted by molar-refractivity contribution is -0.121. The van der Waals surface area contributed by atoms with Gasteiger partial charge in [-0.3, -0.25) is 14.5 Å². The molecule has 1 unspecified atom stereocenters. The molecule has 3 aromatic rings. The van der Waals surface area contributed by atoms with E-state index in [0.717, 1.165) is 9.78 Å². The van der Waals surface area contributed by atoms with Crippen LogP contribution in [0.25, 0.3) is 0 Å². The zero-order valence-corrected chi connectivity index (χ0v) is 16.9. The molecule has 1 aromatic carbocycles. The number of amides is 2. The van der Waals surface area contributed by atoms with Gasteiger partial charge in [0.15, 0.2) is 0 Å². The highest BCUT2D eigenvalue weighted by Crippen LogP contribution is 2.29. The highest BCUT2D eigenvalue weighted by atomic mass is 32.2. The maximum absolute atomic E-state index is 12.8. The molecule has 1 N–H and O–H groups in total. The Kier molecular flexibility index (Phi) is 5.35. The predicted octanol–water partition coefficient (Wildman–Crippen LogP) is 3.10. The normalized spacial score (nSPS) is 15.8. The lowest BCUT2D eigenvalue weighted by atomic mass is 10.1. The fraction of sp³-hybridized carbons (Fsp3) is 0.200. The quantitative estimate of drug-likeness (QED) is 0.581. The summed E-state index contributed by atoms with van der Waals surface area (Å²) in [6.45, 7) is 0.140. The van der Waals surface area contributed by atoms with Crippen molar-refractivity contribution in [3.8, 4) is 0 Å². The molecule has 2 aromatic heterocycles. The van der Waals surface area contributed by atoms with Crippen molar-refractivity contribution in [2.24, 2.45) is 0 Å². The summed E-state index contributed by atoms with van der Waals surface area (Å²) in [5, 5.41) is 1.93. The molecular weight excluding hydrogens is 412 g/mol. The van der Waals surface area contributed by atoms with E-state index in [-0.39, 0.29) is 42.0 Å². The Morgan fingerprint density at radius 3 is 2.34 bits per heavy atom. The van der Waals surface area contributed by atoms with Crippen LogP contribution in [-0.4, -0.2) is 26.8 Å². The van der Waals surface area contributed by atoms with Crippen LogP contribution in [0.1, 0.15) is 29.4 Å². The average molecular weight is 431 g/mol. The standard InChI is InChI=1S/C20H18N2O5S2/c23-19-9-10-20(24)22(19)14-5-7-15(8-6-14)29(25,26)21-13-16(17-3-1-11-27-17)18-4-2-12-28-18/h1-8,11-12,16,21H,9-10,13H2. The van der Waals surface area contributed by atoms with Gasteiger partial charge >= 0.3 is 0 Å². The van der Waals surface area contributed by atoms with Crippen molar-refractivity contribution in [2.45, 2.75) is 23.7 Å². The van der Waals surface area contributed by atoms with E-state index in [1.807, 2.05) is 23.6 Å². The number of carbonyl (C=O) groups excluding carboxylic acids is 2. The highest BCUT2D eigenvalue weighted by Gasteiger charge is 2.30. The third kappa shape index (κ3) is 4.02. The van der Waals surface area contributed by atoms with E-state index < -0.39 is 10.0 Å². The van der Waals surface area contributed by atoms with Gasteiger partial charge in [-0.15, -0.1) is 11.3 Å². The number of nitrogens with one attached hydrogen (secondary N) is 1. The van der Waals surface area contributed by atoms with Crippen LogP contribution >= 0.6 is 11.3 Å². The molecule has 0 bridgehead atoms. The third-order valence-corrected chi connectivity index (χ3v) is 7.13.